The molecule has 0 radical (unpaired) electrons. The largest absolute Gasteiger partial charge is 0.386 e. The molecule has 1 heterocycles. The van der Waals surface area contributed by atoms with Crippen molar-refractivity contribution in [3.8, 4) is 11.1 Å². The third kappa shape index (κ3) is 5.58. The number of aliphatic hydroxyl groups is 1. The van der Waals surface area contributed by atoms with Crippen LogP contribution in [-0.4, -0.2) is 39.8 Å². The summed E-state index contributed by atoms with van der Waals surface area (Å²) in [6, 6.07) is 9.82. The van der Waals surface area contributed by atoms with Crippen molar-refractivity contribution in [3.63, 3.8) is 0 Å². The van der Waals surface area contributed by atoms with Gasteiger partial charge < -0.3 is 10.4 Å². The number of carbonyl (C=O) groups is 1. The van der Waals surface area contributed by atoms with Crippen LogP contribution in [0.1, 0.15) is 17.4 Å². The highest BCUT2D eigenvalue weighted by Gasteiger charge is 2.25. The Morgan fingerprint density at radius 1 is 1.23 bits per heavy atom. The van der Waals surface area contributed by atoms with E-state index in [0.29, 0.717) is 5.56 Å². The molecule has 1 amide bonds. The highest BCUT2D eigenvalue weighted by molar-refractivity contribution is 7.97. The molecule has 4 nitrogen and oxygen atoms in total. The van der Waals surface area contributed by atoms with Crippen LogP contribution in [0, 0.1) is 0 Å². The van der Waals surface area contributed by atoms with Crippen molar-refractivity contribution in [3.05, 3.63) is 53.9 Å². The van der Waals surface area contributed by atoms with Gasteiger partial charge in [-0.3, -0.25) is 9.78 Å². The molecule has 140 valence electrons. The highest BCUT2D eigenvalue weighted by atomic mass is 35.5. The second-order valence-electron chi connectivity index (χ2n) is 5.61. The molecule has 2 atom stereocenters. The number of hydrogen-bond acceptors (Lipinski definition) is 4. The third-order valence-corrected chi connectivity index (χ3v) is 4.76. The molecule has 0 bridgehead atoms. The van der Waals surface area contributed by atoms with Gasteiger partial charge in [0.15, 0.2) is 4.84 Å². The maximum Gasteiger partial charge on any atom is 0.253 e. The summed E-state index contributed by atoms with van der Waals surface area (Å²) in [7, 11) is 0. The number of aromatic nitrogens is 1. The first-order valence-corrected chi connectivity index (χ1v) is 10.1. The number of carbonyl (C=O) groups excluding carboxylic acids is 1. The monoisotopic (exact) mass is 416 g/mol. The van der Waals surface area contributed by atoms with Crippen molar-refractivity contribution in [1.29, 1.82) is 0 Å². The van der Waals surface area contributed by atoms with Gasteiger partial charge in [-0.2, -0.15) is 11.8 Å². The van der Waals surface area contributed by atoms with Crippen molar-refractivity contribution in [2.45, 2.75) is 22.7 Å². The molecule has 0 saturated heterocycles. The fourth-order valence-electron chi connectivity index (χ4n) is 2.38. The summed E-state index contributed by atoms with van der Waals surface area (Å²) in [5.41, 5.74) is 3.35. The molecule has 1 aromatic heterocycles. The fourth-order valence-corrected chi connectivity index (χ4v) is 2.97. The molecular formula is C18H19Cl2FN2O2S. The van der Waals surface area contributed by atoms with Gasteiger partial charge in [0.1, 0.15) is 12.8 Å². The van der Waals surface area contributed by atoms with E-state index in [1.807, 2.05) is 30.5 Å². The Balaban J connectivity index is 2.10. The average molecular weight is 417 g/mol. The summed E-state index contributed by atoms with van der Waals surface area (Å²) in [6.45, 7) is -0.948. The van der Waals surface area contributed by atoms with Gasteiger partial charge in [-0.05, 0) is 23.4 Å². The Kier molecular flexibility index (Phi) is 8.15. The topological polar surface area (TPSA) is 62.2 Å². The first-order chi connectivity index (χ1) is 12.5. The molecule has 1 aromatic carbocycles. The van der Waals surface area contributed by atoms with Crippen LogP contribution in [-0.2, 0) is 10.5 Å². The minimum atomic E-state index is -1.32. The van der Waals surface area contributed by atoms with Gasteiger partial charge in [0.2, 0.25) is 0 Å². The zero-order valence-electron chi connectivity index (χ0n) is 14.0. The lowest BCUT2D eigenvalue weighted by Gasteiger charge is -2.22. The number of pyridine rings is 1. The van der Waals surface area contributed by atoms with Gasteiger partial charge in [-0.15, -0.1) is 0 Å². The number of nitrogens with zero attached hydrogens (tertiary/aromatic N) is 1. The van der Waals surface area contributed by atoms with E-state index in [-0.39, 0.29) is 0 Å². The van der Waals surface area contributed by atoms with E-state index in [4.69, 9.17) is 23.2 Å². The number of rotatable bonds is 8. The third-order valence-electron chi connectivity index (χ3n) is 3.78. The Hall–Kier alpha value is -1.34. The van der Waals surface area contributed by atoms with Crippen LogP contribution in [0.5, 0.6) is 0 Å². The van der Waals surface area contributed by atoms with Crippen LogP contribution in [0.2, 0.25) is 0 Å². The number of thioether (sulfide) groups is 1. The fraction of sp³-hybridized carbons (Fsp3) is 0.333. The lowest BCUT2D eigenvalue weighted by molar-refractivity contribution is -0.121. The number of benzene rings is 1. The number of aliphatic hydroxyl groups excluding tert-OH is 1. The molecule has 0 spiro atoms. The summed E-state index contributed by atoms with van der Waals surface area (Å²) >= 11 is 12.6. The number of hydrogen-bond donors (Lipinski definition) is 2. The maximum absolute atomic E-state index is 13.2. The standard InChI is InChI=1S/C18H19Cl2FN2O2S/c1-26-10-14-7-6-13(9-22-14)11-2-4-12(5-3-11)16(24)15(8-21)23-18(25)17(19)20/h2-7,9,15-17,24H,8,10H2,1H3,(H,23,25)/t15-,16-/m1/s1. The highest BCUT2D eigenvalue weighted by Crippen LogP contribution is 2.24. The van der Waals surface area contributed by atoms with Gasteiger partial charge in [0.25, 0.3) is 5.91 Å². The average Bonchev–Trinajstić information content (AvgIpc) is 2.66. The zero-order valence-corrected chi connectivity index (χ0v) is 16.4. The van der Waals surface area contributed by atoms with Crippen LogP contribution >= 0.6 is 35.0 Å². The molecule has 0 fully saturated rings. The molecule has 0 aliphatic rings. The van der Waals surface area contributed by atoms with Gasteiger partial charge >= 0.3 is 0 Å². The van der Waals surface area contributed by atoms with Gasteiger partial charge in [0.05, 0.1) is 11.7 Å². The lowest BCUT2D eigenvalue weighted by Crippen LogP contribution is -2.43. The van der Waals surface area contributed by atoms with Crippen molar-refractivity contribution in [1.82, 2.24) is 10.3 Å². The summed E-state index contributed by atoms with van der Waals surface area (Å²) in [5.74, 6) is 0.107. The smallest absolute Gasteiger partial charge is 0.253 e. The molecule has 0 unspecified atom stereocenters. The second kappa shape index (κ2) is 10.1. The molecule has 2 N–H and O–H groups in total. The molecule has 8 heteroatoms. The van der Waals surface area contributed by atoms with Crippen LogP contribution in [0.3, 0.4) is 0 Å². The Labute approximate surface area is 166 Å². The van der Waals surface area contributed by atoms with Crippen LogP contribution in [0.25, 0.3) is 11.1 Å². The quantitative estimate of drug-likeness (QED) is 0.640. The Morgan fingerprint density at radius 2 is 1.88 bits per heavy atom. The van der Waals surface area contributed by atoms with E-state index < -0.39 is 29.6 Å². The minimum Gasteiger partial charge on any atom is -0.386 e. The van der Waals surface area contributed by atoms with E-state index in [1.54, 1.807) is 30.1 Å². The number of nitrogens with one attached hydrogen (secondary N) is 1. The maximum atomic E-state index is 13.2. The Morgan fingerprint density at radius 3 is 2.38 bits per heavy atom. The summed E-state index contributed by atoms with van der Waals surface area (Å²) in [4.78, 5) is 14.6. The molecular weight excluding hydrogens is 398 g/mol. The predicted molar refractivity (Wildman–Crippen MR) is 105 cm³/mol. The normalized spacial score (nSPS) is 13.5. The van der Waals surface area contributed by atoms with E-state index in [0.717, 1.165) is 22.6 Å². The molecule has 2 rings (SSSR count). The second-order valence-corrected chi connectivity index (χ2v) is 7.57. The van der Waals surface area contributed by atoms with Crippen molar-refractivity contribution < 1.29 is 14.3 Å². The molecule has 0 aliphatic heterocycles. The summed E-state index contributed by atoms with van der Waals surface area (Å²) < 4.78 is 13.2. The van der Waals surface area contributed by atoms with Crippen molar-refractivity contribution in [2.24, 2.45) is 0 Å². The molecule has 0 saturated carbocycles. The van der Waals surface area contributed by atoms with E-state index >= 15 is 0 Å². The lowest BCUT2D eigenvalue weighted by atomic mass is 9.99. The van der Waals surface area contributed by atoms with E-state index in [2.05, 4.69) is 10.3 Å². The minimum absolute atomic E-state index is 0.476. The molecule has 26 heavy (non-hydrogen) atoms. The summed E-state index contributed by atoms with van der Waals surface area (Å²) in [5, 5.41) is 12.6. The molecule has 2 aromatic rings. The van der Waals surface area contributed by atoms with E-state index in [1.165, 1.54) is 0 Å². The molecule has 0 aliphatic carbocycles. The predicted octanol–water partition coefficient (Wildman–Crippen LogP) is 3.90. The van der Waals surface area contributed by atoms with Gasteiger partial charge in [-0.25, -0.2) is 4.39 Å². The van der Waals surface area contributed by atoms with Gasteiger partial charge in [0, 0.05) is 17.5 Å². The zero-order chi connectivity index (χ0) is 19.1. The number of halogens is 3. The van der Waals surface area contributed by atoms with Crippen LogP contribution < -0.4 is 5.32 Å². The number of alkyl halides is 3. The van der Waals surface area contributed by atoms with Gasteiger partial charge in [-0.1, -0.05) is 53.5 Å². The Bertz CT molecular complexity index is 714. The van der Waals surface area contributed by atoms with Crippen LogP contribution in [0.15, 0.2) is 42.6 Å². The number of amides is 1. The van der Waals surface area contributed by atoms with E-state index in [9.17, 15) is 14.3 Å². The van der Waals surface area contributed by atoms with Crippen LogP contribution in [0.4, 0.5) is 4.39 Å². The first kappa shape index (κ1) is 21.0. The van der Waals surface area contributed by atoms with Crippen molar-refractivity contribution >= 4 is 40.9 Å². The summed E-state index contributed by atoms with van der Waals surface area (Å²) in [6.07, 6.45) is 2.60. The first-order valence-electron chi connectivity index (χ1n) is 7.83. The SMILES string of the molecule is CSCc1ccc(-c2ccc([C@@H](O)[C@@H](CF)NC(=O)C(Cl)Cl)cc2)cn1. The van der Waals surface area contributed by atoms with Crippen molar-refractivity contribution in [2.75, 3.05) is 12.9 Å².